The van der Waals surface area contributed by atoms with Crippen LogP contribution in [0.15, 0.2) is 54.6 Å². The molecule has 0 bridgehead atoms. The Morgan fingerprint density at radius 1 is 1.06 bits per heavy atom. The van der Waals surface area contributed by atoms with Gasteiger partial charge in [0.15, 0.2) is 0 Å². The van der Waals surface area contributed by atoms with E-state index in [1.165, 1.54) is 11.3 Å². The lowest BCUT2D eigenvalue weighted by Gasteiger charge is -2.28. The van der Waals surface area contributed by atoms with Crippen LogP contribution in [0.25, 0.3) is 22.4 Å². The molecular formula is C28H33ClN2O3. The molecule has 1 aliphatic carbocycles. The fraction of sp³-hybridized carbons (Fsp3) is 0.429. The van der Waals surface area contributed by atoms with E-state index in [1.807, 2.05) is 24.3 Å². The summed E-state index contributed by atoms with van der Waals surface area (Å²) in [5.41, 5.74) is 5.71. The van der Waals surface area contributed by atoms with Gasteiger partial charge in [-0.05, 0) is 61.6 Å². The van der Waals surface area contributed by atoms with E-state index in [2.05, 4.69) is 41.9 Å². The molecule has 0 atom stereocenters. The van der Waals surface area contributed by atoms with Crippen LogP contribution in [0.3, 0.4) is 0 Å². The highest BCUT2D eigenvalue weighted by molar-refractivity contribution is 6.30. The van der Waals surface area contributed by atoms with Gasteiger partial charge in [-0.3, -0.25) is 4.68 Å². The van der Waals surface area contributed by atoms with E-state index in [4.69, 9.17) is 26.5 Å². The summed E-state index contributed by atoms with van der Waals surface area (Å²) >= 11 is 6.38. The van der Waals surface area contributed by atoms with Gasteiger partial charge in [-0.25, -0.2) is 4.79 Å². The second-order valence-electron chi connectivity index (χ2n) is 9.27. The number of hydrogen-bond acceptors (Lipinski definition) is 3. The van der Waals surface area contributed by atoms with Crippen LogP contribution in [-0.4, -0.2) is 34.1 Å². The molecule has 1 heterocycles. The summed E-state index contributed by atoms with van der Waals surface area (Å²) in [6.07, 6.45) is 6.36. The third kappa shape index (κ3) is 6.08. The summed E-state index contributed by atoms with van der Waals surface area (Å²) in [5, 5.41) is 14.7. The van der Waals surface area contributed by atoms with Crippen molar-refractivity contribution in [2.45, 2.75) is 52.0 Å². The third-order valence-electron chi connectivity index (χ3n) is 6.68. The zero-order chi connectivity index (χ0) is 23.9. The average Bonchev–Trinajstić information content (AvgIpc) is 3.19. The zero-order valence-corrected chi connectivity index (χ0v) is 20.5. The number of halogens is 1. The highest BCUT2D eigenvalue weighted by atomic mass is 35.5. The van der Waals surface area contributed by atoms with Crippen LogP contribution < -0.4 is 0 Å². The number of ether oxygens (including phenoxy) is 1. The van der Waals surface area contributed by atoms with Crippen molar-refractivity contribution in [1.82, 2.24) is 9.78 Å². The number of aromatic nitrogens is 2. The molecule has 1 N–H and O–H groups in total. The van der Waals surface area contributed by atoms with Crippen molar-refractivity contribution in [1.29, 1.82) is 0 Å². The Hall–Kier alpha value is -2.63. The molecule has 1 fully saturated rings. The fourth-order valence-corrected chi connectivity index (χ4v) is 5.21. The SMILES string of the molecule is CCCc1c(-c2cccc(Cl)c2)c(-c2ccccc2)nn1C[C@H]1CC[C@H](COCC(=O)O)CC1. The molecule has 4 rings (SSSR count). The number of aliphatic carboxylic acids is 1. The van der Waals surface area contributed by atoms with Crippen molar-refractivity contribution in [2.24, 2.45) is 11.8 Å². The van der Waals surface area contributed by atoms with Gasteiger partial charge < -0.3 is 9.84 Å². The van der Waals surface area contributed by atoms with E-state index in [0.29, 0.717) is 18.4 Å². The lowest BCUT2D eigenvalue weighted by atomic mass is 9.82. The van der Waals surface area contributed by atoms with Crippen LogP contribution in [0.4, 0.5) is 0 Å². The molecule has 1 aliphatic rings. The summed E-state index contributed by atoms with van der Waals surface area (Å²) in [7, 11) is 0. The second kappa shape index (κ2) is 11.7. The molecular weight excluding hydrogens is 448 g/mol. The largest absolute Gasteiger partial charge is 0.480 e. The van der Waals surface area contributed by atoms with Crippen LogP contribution in [0, 0.1) is 11.8 Å². The number of carboxylic acid groups (broad SMARTS) is 1. The predicted octanol–water partition coefficient (Wildman–Crippen LogP) is 6.73. The van der Waals surface area contributed by atoms with Crippen molar-refractivity contribution in [2.75, 3.05) is 13.2 Å². The Morgan fingerprint density at radius 2 is 1.76 bits per heavy atom. The molecule has 6 heteroatoms. The number of hydrogen-bond donors (Lipinski definition) is 1. The highest BCUT2D eigenvalue weighted by Gasteiger charge is 2.25. The molecule has 0 unspecified atom stereocenters. The lowest BCUT2D eigenvalue weighted by Crippen LogP contribution is -2.23. The molecule has 34 heavy (non-hydrogen) atoms. The number of benzene rings is 2. The van der Waals surface area contributed by atoms with E-state index < -0.39 is 5.97 Å². The van der Waals surface area contributed by atoms with Gasteiger partial charge in [0.25, 0.3) is 0 Å². The Kier molecular flexibility index (Phi) is 8.41. The topological polar surface area (TPSA) is 64.4 Å². The molecule has 0 aliphatic heterocycles. The summed E-state index contributed by atoms with van der Waals surface area (Å²) in [5.74, 6) is 0.104. The van der Waals surface area contributed by atoms with E-state index in [0.717, 1.165) is 66.9 Å². The predicted molar refractivity (Wildman–Crippen MR) is 136 cm³/mol. The molecule has 2 aromatic carbocycles. The van der Waals surface area contributed by atoms with Crippen molar-refractivity contribution < 1.29 is 14.6 Å². The quantitative estimate of drug-likeness (QED) is 0.349. The maximum absolute atomic E-state index is 10.7. The number of nitrogens with zero attached hydrogens (tertiary/aromatic N) is 2. The van der Waals surface area contributed by atoms with Crippen LogP contribution in [0.1, 0.15) is 44.7 Å². The Bertz CT molecular complexity index is 1090. The minimum absolute atomic E-state index is 0.206. The maximum atomic E-state index is 10.7. The summed E-state index contributed by atoms with van der Waals surface area (Å²) in [6, 6.07) is 18.5. The molecule has 0 amide bonds. The first kappa shape index (κ1) is 24.5. The Morgan fingerprint density at radius 3 is 2.44 bits per heavy atom. The zero-order valence-electron chi connectivity index (χ0n) is 19.8. The molecule has 5 nitrogen and oxygen atoms in total. The maximum Gasteiger partial charge on any atom is 0.329 e. The summed E-state index contributed by atoms with van der Waals surface area (Å²) in [6.45, 7) is 3.45. The van der Waals surface area contributed by atoms with Crippen LogP contribution in [0.2, 0.25) is 5.02 Å². The van der Waals surface area contributed by atoms with Gasteiger partial charge in [-0.1, -0.05) is 67.4 Å². The van der Waals surface area contributed by atoms with Gasteiger partial charge >= 0.3 is 5.97 Å². The number of carbonyl (C=O) groups is 1. The minimum Gasteiger partial charge on any atom is -0.480 e. The molecule has 180 valence electrons. The molecule has 3 aromatic rings. The Labute approximate surface area is 206 Å². The lowest BCUT2D eigenvalue weighted by molar-refractivity contribution is -0.142. The summed E-state index contributed by atoms with van der Waals surface area (Å²) in [4.78, 5) is 10.7. The van der Waals surface area contributed by atoms with Crippen LogP contribution >= 0.6 is 11.6 Å². The standard InChI is InChI=1S/C28H33ClN2O3/c1-2-7-25-27(23-10-6-11-24(29)16-23)28(22-8-4-3-5-9-22)30-31(25)17-20-12-14-21(15-13-20)18-34-19-26(32)33/h3-6,8-11,16,20-21H,2,7,12-15,17-19H2,1H3,(H,32,33)/t20-,21-. The summed E-state index contributed by atoms with van der Waals surface area (Å²) < 4.78 is 7.58. The first-order valence-corrected chi connectivity index (χ1v) is 12.6. The van der Waals surface area contributed by atoms with Gasteiger partial charge in [0.1, 0.15) is 12.3 Å². The molecule has 1 saturated carbocycles. The molecule has 1 aromatic heterocycles. The van der Waals surface area contributed by atoms with Crippen LogP contribution in [0.5, 0.6) is 0 Å². The van der Waals surface area contributed by atoms with Crippen LogP contribution in [-0.2, 0) is 22.5 Å². The van der Waals surface area contributed by atoms with Gasteiger partial charge in [0, 0.05) is 28.4 Å². The van der Waals surface area contributed by atoms with E-state index in [9.17, 15) is 4.79 Å². The number of rotatable bonds is 10. The van der Waals surface area contributed by atoms with Crippen molar-refractivity contribution >= 4 is 17.6 Å². The second-order valence-corrected chi connectivity index (χ2v) is 9.71. The first-order chi connectivity index (χ1) is 16.5. The minimum atomic E-state index is -0.902. The van der Waals surface area contributed by atoms with Gasteiger partial charge in [0.2, 0.25) is 0 Å². The van der Waals surface area contributed by atoms with E-state index in [1.54, 1.807) is 0 Å². The van der Waals surface area contributed by atoms with Gasteiger partial charge in [-0.15, -0.1) is 0 Å². The van der Waals surface area contributed by atoms with Gasteiger partial charge in [-0.2, -0.15) is 5.10 Å². The smallest absolute Gasteiger partial charge is 0.329 e. The van der Waals surface area contributed by atoms with Gasteiger partial charge in [0.05, 0.1) is 6.61 Å². The molecule has 0 saturated heterocycles. The normalized spacial score (nSPS) is 18.2. The fourth-order valence-electron chi connectivity index (χ4n) is 5.02. The van der Waals surface area contributed by atoms with Crippen molar-refractivity contribution in [3.63, 3.8) is 0 Å². The molecule has 0 spiro atoms. The van der Waals surface area contributed by atoms with Crippen molar-refractivity contribution in [3.05, 3.63) is 65.3 Å². The average molecular weight is 481 g/mol. The molecule has 0 radical (unpaired) electrons. The first-order valence-electron chi connectivity index (χ1n) is 12.3. The number of carboxylic acids is 1. The third-order valence-corrected chi connectivity index (χ3v) is 6.92. The van der Waals surface area contributed by atoms with Crippen molar-refractivity contribution in [3.8, 4) is 22.4 Å². The highest BCUT2D eigenvalue weighted by Crippen LogP contribution is 2.38. The van der Waals surface area contributed by atoms with E-state index in [-0.39, 0.29) is 6.61 Å². The monoisotopic (exact) mass is 480 g/mol. The Balaban J connectivity index is 1.59. The van der Waals surface area contributed by atoms with E-state index >= 15 is 0 Å².